The van der Waals surface area contributed by atoms with Crippen LogP contribution in [0.4, 0.5) is 0 Å². The minimum Gasteiger partial charge on any atom is -0.340 e. The van der Waals surface area contributed by atoms with Gasteiger partial charge in [-0.3, -0.25) is 9.69 Å². The van der Waals surface area contributed by atoms with Crippen LogP contribution in [0.1, 0.15) is 32.1 Å². The molecule has 2 N–H and O–H groups in total. The monoisotopic (exact) mass is 349 g/mol. The zero-order valence-electron chi connectivity index (χ0n) is 13.2. The first-order valence-corrected chi connectivity index (χ1v) is 8.49. The van der Waals surface area contributed by atoms with E-state index < -0.39 is 0 Å². The van der Waals surface area contributed by atoms with Crippen LogP contribution in [-0.2, 0) is 4.79 Å². The summed E-state index contributed by atoms with van der Waals surface area (Å²) in [5.74, 6) is 2.69. The third-order valence-electron chi connectivity index (χ3n) is 6.16. The molecule has 0 radical (unpaired) electrons. The van der Waals surface area contributed by atoms with E-state index in [-0.39, 0.29) is 36.8 Å². The lowest BCUT2D eigenvalue weighted by molar-refractivity contribution is -0.139. The zero-order chi connectivity index (χ0) is 13.7. The molecular weight excluding hydrogens is 321 g/mol. The maximum Gasteiger partial charge on any atom is 0.227 e. The molecule has 4 atom stereocenters. The Balaban J connectivity index is 0.000000882. The number of carbonyl (C=O) groups excluding carboxylic acids is 1. The second-order valence-electron chi connectivity index (χ2n) is 7.51. The molecule has 0 aromatic carbocycles. The Kier molecular flexibility index (Phi) is 6.03. The van der Waals surface area contributed by atoms with Crippen LogP contribution >= 0.6 is 24.8 Å². The van der Waals surface area contributed by atoms with E-state index in [9.17, 15) is 4.79 Å². The Bertz CT molecular complexity index is 395. The van der Waals surface area contributed by atoms with Crippen LogP contribution in [0, 0.1) is 23.7 Å². The number of hydrogen-bond acceptors (Lipinski definition) is 3. The smallest absolute Gasteiger partial charge is 0.227 e. The van der Waals surface area contributed by atoms with Crippen molar-refractivity contribution in [2.45, 2.75) is 38.1 Å². The van der Waals surface area contributed by atoms with Gasteiger partial charge < -0.3 is 10.6 Å². The largest absolute Gasteiger partial charge is 0.340 e. The summed E-state index contributed by atoms with van der Waals surface area (Å²) in [4.78, 5) is 17.4. The van der Waals surface area contributed by atoms with Gasteiger partial charge in [-0.2, -0.15) is 0 Å². The third-order valence-corrected chi connectivity index (χ3v) is 6.16. The Morgan fingerprint density at radius 1 is 0.955 bits per heavy atom. The standard InChI is InChI=1S/C16H27N3O.2ClH/c17-15-13-4-3-12(9-13)14(15)16(20)19-7-5-18(6-8-19)10-11-1-2-11;;/h11-15H,1-10,17H2;2*1H. The Morgan fingerprint density at radius 3 is 2.14 bits per heavy atom. The molecule has 1 aliphatic heterocycles. The van der Waals surface area contributed by atoms with Gasteiger partial charge in [0.2, 0.25) is 5.91 Å². The van der Waals surface area contributed by atoms with Crippen molar-refractivity contribution in [1.29, 1.82) is 0 Å². The average Bonchev–Trinajstić information content (AvgIpc) is 3.05. The first kappa shape index (κ1) is 18.3. The zero-order valence-corrected chi connectivity index (χ0v) is 14.8. The number of nitrogens with two attached hydrogens (primary N) is 1. The summed E-state index contributed by atoms with van der Waals surface area (Å²) < 4.78 is 0. The van der Waals surface area contributed by atoms with Crippen LogP contribution < -0.4 is 5.73 Å². The first-order valence-electron chi connectivity index (χ1n) is 8.49. The highest BCUT2D eigenvalue weighted by molar-refractivity contribution is 5.85. The lowest BCUT2D eigenvalue weighted by Gasteiger charge is -2.38. The molecule has 1 saturated heterocycles. The molecule has 3 aliphatic carbocycles. The average molecular weight is 350 g/mol. The highest BCUT2D eigenvalue weighted by Crippen LogP contribution is 2.48. The molecule has 4 rings (SSSR count). The summed E-state index contributed by atoms with van der Waals surface area (Å²) in [5, 5.41) is 0. The Labute approximate surface area is 146 Å². The number of halogens is 2. The Hall–Kier alpha value is -0.0300. The van der Waals surface area contributed by atoms with Crippen molar-refractivity contribution in [2.75, 3.05) is 32.7 Å². The topological polar surface area (TPSA) is 49.6 Å². The molecule has 0 spiro atoms. The molecule has 1 heterocycles. The van der Waals surface area contributed by atoms with Gasteiger partial charge >= 0.3 is 0 Å². The van der Waals surface area contributed by atoms with Gasteiger partial charge in [0.15, 0.2) is 0 Å². The summed E-state index contributed by atoms with van der Waals surface area (Å²) >= 11 is 0. The predicted octanol–water partition coefficient (Wildman–Crippen LogP) is 1.76. The quantitative estimate of drug-likeness (QED) is 0.844. The summed E-state index contributed by atoms with van der Waals surface area (Å²) in [5.41, 5.74) is 6.32. The van der Waals surface area contributed by atoms with Crippen LogP contribution in [-0.4, -0.2) is 54.5 Å². The third kappa shape index (κ3) is 3.40. The number of amides is 1. The molecule has 22 heavy (non-hydrogen) atoms. The van der Waals surface area contributed by atoms with Crippen molar-refractivity contribution in [2.24, 2.45) is 29.4 Å². The SMILES string of the molecule is Cl.Cl.NC1C2CCC(C2)C1C(=O)N1CCN(CC2CC2)CC1. The molecule has 0 aromatic heterocycles. The molecule has 1 amide bonds. The minimum absolute atomic E-state index is 0. The second-order valence-corrected chi connectivity index (χ2v) is 7.51. The lowest BCUT2D eigenvalue weighted by Crippen LogP contribution is -2.54. The molecule has 4 unspecified atom stereocenters. The van der Waals surface area contributed by atoms with E-state index in [4.69, 9.17) is 5.73 Å². The molecule has 2 bridgehead atoms. The van der Waals surface area contributed by atoms with Crippen molar-refractivity contribution < 1.29 is 4.79 Å². The molecule has 6 heteroatoms. The maximum atomic E-state index is 12.8. The van der Waals surface area contributed by atoms with Gasteiger partial charge in [0, 0.05) is 38.8 Å². The van der Waals surface area contributed by atoms with Gasteiger partial charge in [-0.15, -0.1) is 24.8 Å². The van der Waals surface area contributed by atoms with Crippen molar-refractivity contribution in [1.82, 2.24) is 9.80 Å². The van der Waals surface area contributed by atoms with E-state index in [0.29, 0.717) is 17.7 Å². The van der Waals surface area contributed by atoms with E-state index in [1.807, 2.05) is 0 Å². The van der Waals surface area contributed by atoms with Crippen LogP contribution in [0.2, 0.25) is 0 Å². The maximum absolute atomic E-state index is 12.8. The van der Waals surface area contributed by atoms with Gasteiger partial charge in [-0.1, -0.05) is 0 Å². The number of carbonyl (C=O) groups is 1. The van der Waals surface area contributed by atoms with Gasteiger partial charge in [0.1, 0.15) is 0 Å². The van der Waals surface area contributed by atoms with Crippen LogP contribution in [0.15, 0.2) is 0 Å². The fourth-order valence-corrected chi connectivity index (χ4v) is 4.73. The summed E-state index contributed by atoms with van der Waals surface area (Å²) in [6.45, 7) is 5.24. The van der Waals surface area contributed by atoms with E-state index in [1.54, 1.807) is 0 Å². The van der Waals surface area contributed by atoms with Crippen molar-refractivity contribution in [3.8, 4) is 0 Å². The van der Waals surface area contributed by atoms with Crippen molar-refractivity contribution in [3.05, 3.63) is 0 Å². The molecule has 3 saturated carbocycles. The second kappa shape index (κ2) is 7.25. The van der Waals surface area contributed by atoms with Crippen LogP contribution in [0.25, 0.3) is 0 Å². The minimum atomic E-state index is 0. The van der Waals surface area contributed by atoms with Crippen molar-refractivity contribution in [3.63, 3.8) is 0 Å². The Morgan fingerprint density at radius 2 is 1.59 bits per heavy atom. The van der Waals surface area contributed by atoms with Crippen LogP contribution in [0.3, 0.4) is 0 Å². The highest BCUT2D eigenvalue weighted by Gasteiger charge is 2.50. The van der Waals surface area contributed by atoms with Gasteiger partial charge in [0.05, 0.1) is 5.92 Å². The van der Waals surface area contributed by atoms with E-state index in [2.05, 4.69) is 9.80 Å². The fraction of sp³-hybridized carbons (Fsp3) is 0.938. The van der Waals surface area contributed by atoms with Gasteiger partial charge in [-0.25, -0.2) is 0 Å². The van der Waals surface area contributed by atoms with Gasteiger partial charge in [0.25, 0.3) is 0 Å². The number of nitrogens with zero attached hydrogens (tertiary/aromatic N) is 2. The molecule has 128 valence electrons. The molecule has 4 fully saturated rings. The number of rotatable bonds is 3. The molecular formula is C16H29Cl2N3O. The summed E-state index contributed by atoms with van der Waals surface area (Å²) in [6.07, 6.45) is 6.53. The predicted molar refractivity (Wildman–Crippen MR) is 92.5 cm³/mol. The fourth-order valence-electron chi connectivity index (χ4n) is 4.73. The highest BCUT2D eigenvalue weighted by atomic mass is 35.5. The van der Waals surface area contributed by atoms with Gasteiger partial charge in [-0.05, 0) is 49.9 Å². The lowest BCUT2D eigenvalue weighted by atomic mass is 9.84. The van der Waals surface area contributed by atoms with E-state index in [0.717, 1.165) is 32.1 Å². The summed E-state index contributed by atoms with van der Waals surface area (Å²) in [7, 11) is 0. The molecule has 0 aromatic rings. The normalized spacial score (nSPS) is 37.6. The van der Waals surface area contributed by atoms with Crippen LogP contribution in [0.5, 0.6) is 0 Å². The first-order chi connectivity index (χ1) is 9.72. The molecule has 4 nitrogen and oxygen atoms in total. The number of piperazine rings is 1. The van der Waals surface area contributed by atoms with Crippen molar-refractivity contribution >= 4 is 30.7 Å². The summed E-state index contributed by atoms with van der Waals surface area (Å²) in [6, 6.07) is 0.144. The molecule has 4 aliphatic rings. The number of fused-ring (bicyclic) bond motifs is 2. The number of hydrogen-bond donors (Lipinski definition) is 1. The van der Waals surface area contributed by atoms with E-state index in [1.165, 1.54) is 38.6 Å². The van der Waals surface area contributed by atoms with E-state index >= 15 is 0 Å².